The Morgan fingerprint density at radius 3 is 0.923 bits per heavy atom. The van der Waals surface area contributed by atoms with Crippen molar-refractivity contribution in [2.45, 2.75) is 147 Å². The molecule has 0 aliphatic heterocycles. The van der Waals surface area contributed by atoms with Crippen molar-refractivity contribution < 1.29 is 9.90 Å². The number of hydrogen-bond acceptors (Lipinski definition) is 2. The Kier molecular flexibility index (Phi) is 16.4. The minimum atomic E-state index is 0.0359. The Morgan fingerprint density at radius 2 is 0.731 bits per heavy atom. The van der Waals surface area contributed by atoms with Crippen LogP contribution >= 0.6 is 0 Å². The molecule has 2 nitrogen and oxygen atoms in total. The van der Waals surface area contributed by atoms with Gasteiger partial charge in [-0.1, -0.05) is 103 Å². The lowest BCUT2D eigenvalue weighted by atomic mass is 9.98. The summed E-state index contributed by atoms with van der Waals surface area (Å²) in [5.41, 5.74) is 0. The minimum Gasteiger partial charge on any atom is -0.393 e. The van der Waals surface area contributed by atoms with Gasteiger partial charge in [0.15, 0.2) is 0 Å². The molecule has 0 atom stereocenters. The number of aliphatic hydroxyl groups is 1. The fourth-order valence-electron chi connectivity index (χ4n) is 4.15. The van der Waals surface area contributed by atoms with Crippen molar-refractivity contribution in [3.05, 3.63) is 0 Å². The van der Waals surface area contributed by atoms with Crippen LogP contribution in [0.5, 0.6) is 0 Å². The Bertz CT molecular complexity index is 256. The second-order valence-corrected chi connectivity index (χ2v) is 8.63. The van der Waals surface area contributed by atoms with Gasteiger partial charge in [-0.05, 0) is 25.7 Å². The first-order valence-electron chi connectivity index (χ1n) is 12.0. The lowest BCUT2D eigenvalue weighted by molar-refractivity contribution is -0.120. The van der Waals surface area contributed by atoms with Gasteiger partial charge in [-0.3, -0.25) is 4.79 Å². The van der Waals surface area contributed by atoms with E-state index in [4.69, 9.17) is 5.11 Å². The normalized spacial score (nSPS) is 24.0. The molecular formula is C24H46O2. The van der Waals surface area contributed by atoms with Crippen LogP contribution in [-0.4, -0.2) is 17.0 Å². The van der Waals surface area contributed by atoms with E-state index in [1.54, 1.807) is 0 Å². The van der Waals surface area contributed by atoms with E-state index < -0.39 is 0 Å². The van der Waals surface area contributed by atoms with E-state index in [0.29, 0.717) is 5.78 Å². The molecule has 2 heteroatoms. The van der Waals surface area contributed by atoms with E-state index in [-0.39, 0.29) is 6.10 Å². The summed E-state index contributed by atoms with van der Waals surface area (Å²) in [5, 5.41) is 8.91. The maximum absolute atomic E-state index is 10.5. The second kappa shape index (κ2) is 18.0. The summed E-state index contributed by atoms with van der Waals surface area (Å²) in [7, 11) is 0. The molecule has 0 amide bonds. The number of aliphatic hydroxyl groups excluding tert-OH is 1. The molecule has 0 aromatic rings. The van der Waals surface area contributed by atoms with Crippen molar-refractivity contribution in [1.82, 2.24) is 0 Å². The lowest BCUT2D eigenvalue weighted by Gasteiger charge is -2.14. The first-order chi connectivity index (χ1) is 12.8. The minimum absolute atomic E-state index is 0.0359. The maximum Gasteiger partial charge on any atom is 0.132 e. The van der Waals surface area contributed by atoms with E-state index >= 15 is 0 Å². The van der Waals surface area contributed by atoms with Gasteiger partial charge in [-0.2, -0.15) is 0 Å². The highest BCUT2D eigenvalue weighted by Gasteiger charge is 2.07. The molecule has 0 spiro atoms. The van der Waals surface area contributed by atoms with Crippen molar-refractivity contribution in [3.8, 4) is 0 Å². The summed E-state index contributed by atoms with van der Waals surface area (Å²) in [6.45, 7) is 0. The number of carbonyl (C=O) groups excluding carboxylic acids is 1. The quantitative estimate of drug-likeness (QED) is 0.481. The van der Waals surface area contributed by atoms with Crippen LogP contribution in [0.4, 0.5) is 0 Å². The van der Waals surface area contributed by atoms with Gasteiger partial charge >= 0.3 is 0 Å². The van der Waals surface area contributed by atoms with E-state index in [9.17, 15) is 4.79 Å². The highest BCUT2D eigenvalue weighted by Crippen LogP contribution is 2.17. The summed E-state index contributed by atoms with van der Waals surface area (Å²) < 4.78 is 0. The molecule has 0 radical (unpaired) electrons. The topological polar surface area (TPSA) is 37.3 Å². The molecule has 4 saturated carbocycles. The molecule has 4 rings (SSSR count). The standard InChI is InChI=1S/C6H12O.C6H10O.2C6H12/c2*7-6-4-2-1-3-5-6;2*1-2-4-6-5-3-1/h6-7H,1-5H2;1-5H2;2*1-6H2. The van der Waals surface area contributed by atoms with Crippen molar-refractivity contribution in [1.29, 1.82) is 0 Å². The average Bonchev–Trinajstić information content (AvgIpc) is 2.73. The van der Waals surface area contributed by atoms with Gasteiger partial charge < -0.3 is 5.11 Å². The molecule has 4 aliphatic rings. The molecule has 4 aliphatic carbocycles. The second-order valence-electron chi connectivity index (χ2n) is 8.63. The molecule has 26 heavy (non-hydrogen) atoms. The zero-order valence-electron chi connectivity index (χ0n) is 17.5. The first kappa shape index (κ1) is 23.7. The van der Waals surface area contributed by atoms with E-state index in [1.807, 2.05) is 0 Å². The van der Waals surface area contributed by atoms with Gasteiger partial charge in [0.05, 0.1) is 6.10 Å². The van der Waals surface area contributed by atoms with Crippen LogP contribution in [-0.2, 0) is 4.79 Å². The van der Waals surface area contributed by atoms with Crippen LogP contribution in [0.3, 0.4) is 0 Å². The fraction of sp³-hybridized carbons (Fsp3) is 0.958. The van der Waals surface area contributed by atoms with Crippen LogP contribution in [0.1, 0.15) is 141 Å². The van der Waals surface area contributed by atoms with Crippen LogP contribution in [0.25, 0.3) is 0 Å². The zero-order chi connectivity index (χ0) is 18.7. The van der Waals surface area contributed by atoms with Crippen LogP contribution in [0, 0.1) is 0 Å². The Balaban J connectivity index is 0.000000174. The molecule has 0 aromatic carbocycles. The molecule has 0 heterocycles. The summed E-state index contributed by atoms with van der Waals surface area (Å²) in [6, 6.07) is 0. The Morgan fingerprint density at radius 1 is 0.462 bits per heavy atom. The number of rotatable bonds is 0. The van der Waals surface area contributed by atoms with Gasteiger partial charge in [-0.25, -0.2) is 0 Å². The summed E-state index contributed by atoms with van der Waals surface area (Å²) >= 11 is 0. The third kappa shape index (κ3) is 15.9. The Hall–Kier alpha value is -0.370. The van der Waals surface area contributed by atoms with Crippen molar-refractivity contribution in [3.63, 3.8) is 0 Å². The van der Waals surface area contributed by atoms with Crippen molar-refractivity contribution in [2.24, 2.45) is 0 Å². The van der Waals surface area contributed by atoms with Gasteiger partial charge in [0.25, 0.3) is 0 Å². The van der Waals surface area contributed by atoms with Gasteiger partial charge in [0.1, 0.15) is 5.78 Å². The van der Waals surface area contributed by atoms with Crippen LogP contribution in [0.2, 0.25) is 0 Å². The number of carbonyl (C=O) groups is 1. The van der Waals surface area contributed by atoms with Gasteiger partial charge in [-0.15, -0.1) is 0 Å². The molecule has 0 unspecified atom stereocenters. The molecule has 154 valence electrons. The van der Waals surface area contributed by atoms with Crippen LogP contribution < -0.4 is 0 Å². The largest absolute Gasteiger partial charge is 0.393 e. The third-order valence-corrected chi connectivity index (χ3v) is 5.99. The van der Waals surface area contributed by atoms with E-state index in [0.717, 1.165) is 38.5 Å². The van der Waals surface area contributed by atoms with Crippen molar-refractivity contribution >= 4 is 5.78 Å². The highest BCUT2D eigenvalue weighted by atomic mass is 16.3. The Labute approximate surface area is 163 Å². The highest BCUT2D eigenvalue weighted by molar-refractivity contribution is 5.78. The average molecular weight is 367 g/mol. The molecule has 1 N–H and O–H groups in total. The van der Waals surface area contributed by atoms with Gasteiger partial charge in [0, 0.05) is 12.8 Å². The van der Waals surface area contributed by atoms with Crippen LogP contribution in [0.15, 0.2) is 0 Å². The number of Topliss-reactive ketones (excluding diaryl/α,β-unsaturated/α-hetero) is 1. The molecule has 0 saturated heterocycles. The predicted octanol–water partition coefficient (Wildman–Crippen LogP) is 7.51. The maximum atomic E-state index is 10.5. The van der Waals surface area contributed by atoms with Gasteiger partial charge in [0.2, 0.25) is 0 Å². The monoisotopic (exact) mass is 366 g/mol. The van der Waals surface area contributed by atoms with E-state index in [2.05, 4.69) is 0 Å². The summed E-state index contributed by atoms with van der Waals surface area (Å²) in [5.74, 6) is 0.464. The SMILES string of the molecule is C1CCCCC1.C1CCCCC1.O=C1CCCCC1.OC1CCCCC1. The first-order valence-corrected chi connectivity index (χ1v) is 12.0. The van der Waals surface area contributed by atoms with Crippen molar-refractivity contribution in [2.75, 3.05) is 0 Å². The molecule has 0 bridgehead atoms. The molecule has 4 fully saturated rings. The fourth-order valence-corrected chi connectivity index (χ4v) is 4.15. The summed E-state index contributed by atoms with van der Waals surface area (Å²) in [6.07, 6.45) is 29.2. The predicted molar refractivity (Wildman–Crippen MR) is 113 cm³/mol. The third-order valence-electron chi connectivity index (χ3n) is 5.99. The molecular weight excluding hydrogens is 320 g/mol. The zero-order valence-corrected chi connectivity index (χ0v) is 17.5. The van der Waals surface area contributed by atoms with E-state index in [1.165, 1.54) is 103 Å². The summed E-state index contributed by atoms with van der Waals surface area (Å²) in [4.78, 5) is 10.5. The number of ketones is 1. The smallest absolute Gasteiger partial charge is 0.132 e. The number of hydrogen-bond donors (Lipinski definition) is 1. The lowest BCUT2D eigenvalue weighted by Crippen LogP contribution is -2.09. The molecule has 0 aromatic heterocycles.